The zero-order chi connectivity index (χ0) is 17.4. The maximum absolute atomic E-state index is 12.2. The molecule has 0 spiro atoms. The number of hydrogen-bond acceptors (Lipinski definition) is 4. The van der Waals surface area contributed by atoms with Crippen LogP contribution in [0, 0.1) is 0 Å². The zero-order valence-corrected chi connectivity index (χ0v) is 13.9. The van der Waals surface area contributed by atoms with Crippen LogP contribution in [0.5, 0.6) is 0 Å². The van der Waals surface area contributed by atoms with E-state index >= 15 is 0 Å². The van der Waals surface area contributed by atoms with Gasteiger partial charge in [0.1, 0.15) is 0 Å². The van der Waals surface area contributed by atoms with Crippen LogP contribution >= 0.6 is 0 Å². The molecule has 0 aliphatic carbocycles. The van der Waals surface area contributed by atoms with Crippen molar-refractivity contribution >= 4 is 17.9 Å². The zero-order valence-electron chi connectivity index (χ0n) is 13.9. The number of benzene rings is 1. The second kappa shape index (κ2) is 8.90. The first kappa shape index (κ1) is 17.8. The number of esters is 1. The molecule has 0 aromatic heterocycles. The van der Waals surface area contributed by atoms with Gasteiger partial charge in [-0.25, -0.2) is 4.79 Å². The lowest BCUT2D eigenvalue weighted by Crippen LogP contribution is -2.53. The van der Waals surface area contributed by atoms with Crippen molar-refractivity contribution in [2.24, 2.45) is 0 Å². The van der Waals surface area contributed by atoms with Crippen molar-refractivity contribution in [3.05, 3.63) is 35.9 Å². The number of carbonyl (C=O) groups is 3. The Kier molecular flexibility index (Phi) is 6.60. The largest absolute Gasteiger partial charge is 0.469 e. The van der Waals surface area contributed by atoms with Gasteiger partial charge in [0.25, 0.3) is 0 Å². The van der Waals surface area contributed by atoms with Gasteiger partial charge in [-0.2, -0.15) is 0 Å². The molecule has 0 saturated carbocycles. The number of nitrogens with one attached hydrogen (secondary N) is 1. The van der Waals surface area contributed by atoms with Crippen molar-refractivity contribution in [2.75, 3.05) is 33.3 Å². The van der Waals surface area contributed by atoms with Crippen molar-refractivity contribution < 1.29 is 19.1 Å². The molecular weight excluding hydrogens is 310 g/mol. The second-order valence-electron chi connectivity index (χ2n) is 5.59. The van der Waals surface area contributed by atoms with Gasteiger partial charge >= 0.3 is 12.0 Å². The highest BCUT2D eigenvalue weighted by Crippen LogP contribution is 2.06. The third-order valence-electron chi connectivity index (χ3n) is 3.98. The summed E-state index contributed by atoms with van der Waals surface area (Å²) in [4.78, 5) is 38.6. The summed E-state index contributed by atoms with van der Waals surface area (Å²) in [5.74, 6) is -0.466. The van der Waals surface area contributed by atoms with Crippen molar-refractivity contribution in [3.63, 3.8) is 0 Å². The molecule has 130 valence electrons. The first-order chi connectivity index (χ1) is 11.6. The summed E-state index contributed by atoms with van der Waals surface area (Å²) in [5.41, 5.74) is 1.04. The van der Waals surface area contributed by atoms with Crippen LogP contribution in [0.25, 0.3) is 0 Å². The van der Waals surface area contributed by atoms with E-state index in [0.717, 1.165) is 5.56 Å². The predicted octanol–water partition coefficient (Wildman–Crippen LogP) is 0.994. The molecule has 1 saturated heterocycles. The molecule has 3 amide bonds. The molecule has 1 fully saturated rings. The first-order valence-electron chi connectivity index (χ1n) is 8.01. The Hall–Kier alpha value is -2.57. The number of nitrogens with zero attached hydrogens (tertiary/aromatic N) is 2. The smallest absolute Gasteiger partial charge is 0.317 e. The van der Waals surface area contributed by atoms with Gasteiger partial charge in [-0.1, -0.05) is 30.3 Å². The summed E-state index contributed by atoms with van der Waals surface area (Å²) < 4.78 is 4.53. The van der Waals surface area contributed by atoms with E-state index < -0.39 is 0 Å². The lowest BCUT2D eigenvalue weighted by atomic mass is 10.2. The molecule has 24 heavy (non-hydrogen) atoms. The highest BCUT2D eigenvalue weighted by Gasteiger charge is 2.24. The number of ether oxygens (including phenoxy) is 1. The van der Waals surface area contributed by atoms with Crippen LogP contribution in [-0.4, -0.2) is 61.0 Å². The average molecular weight is 333 g/mol. The molecule has 1 aromatic rings. The normalized spacial score (nSPS) is 14.2. The van der Waals surface area contributed by atoms with Gasteiger partial charge < -0.3 is 19.9 Å². The Labute approximate surface area is 141 Å². The Morgan fingerprint density at radius 3 is 2.25 bits per heavy atom. The van der Waals surface area contributed by atoms with Gasteiger partial charge in [-0.15, -0.1) is 0 Å². The third-order valence-corrected chi connectivity index (χ3v) is 3.98. The topological polar surface area (TPSA) is 79.0 Å². The molecule has 1 N–H and O–H groups in total. The highest BCUT2D eigenvalue weighted by atomic mass is 16.5. The standard InChI is InChI=1S/C17H23N3O4/c1-24-16(22)8-7-15(21)19-9-11-20(12-10-19)17(23)18-13-14-5-3-2-4-6-14/h2-6H,7-13H2,1H3,(H,18,23). The summed E-state index contributed by atoms with van der Waals surface area (Å²) in [6.07, 6.45) is 0.236. The number of amides is 3. The summed E-state index contributed by atoms with van der Waals surface area (Å²) in [6.45, 7) is 2.44. The predicted molar refractivity (Wildman–Crippen MR) is 88.1 cm³/mol. The molecule has 1 aliphatic heterocycles. The molecule has 7 nitrogen and oxygen atoms in total. The van der Waals surface area contributed by atoms with Crippen molar-refractivity contribution in [2.45, 2.75) is 19.4 Å². The van der Waals surface area contributed by atoms with E-state index in [1.54, 1.807) is 9.80 Å². The van der Waals surface area contributed by atoms with Crippen molar-refractivity contribution in [3.8, 4) is 0 Å². The summed E-state index contributed by atoms with van der Waals surface area (Å²) in [5, 5.41) is 2.88. The lowest BCUT2D eigenvalue weighted by molar-refractivity contribution is -0.143. The first-order valence-corrected chi connectivity index (χ1v) is 8.01. The van der Waals surface area contributed by atoms with Crippen LogP contribution < -0.4 is 5.32 Å². The van der Waals surface area contributed by atoms with E-state index in [2.05, 4.69) is 10.1 Å². The molecule has 1 aromatic carbocycles. The monoisotopic (exact) mass is 333 g/mol. The summed E-state index contributed by atoms with van der Waals surface area (Å²) in [6, 6.07) is 9.58. The number of piperazine rings is 1. The average Bonchev–Trinajstić information content (AvgIpc) is 2.64. The van der Waals surface area contributed by atoms with E-state index in [0.29, 0.717) is 32.7 Å². The fourth-order valence-corrected chi connectivity index (χ4v) is 2.51. The van der Waals surface area contributed by atoms with E-state index in [1.165, 1.54) is 7.11 Å². The fourth-order valence-electron chi connectivity index (χ4n) is 2.51. The lowest BCUT2D eigenvalue weighted by Gasteiger charge is -2.34. The molecule has 0 atom stereocenters. The van der Waals surface area contributed by atoms with Crippen LogP contribution in [0.1, 0.15) is 18.4 Å². The molecule has 1 aliphatic rings. The van der Waals surface area contributed by atoms with E-state index in [4.69, 9.17) is 0 Å². The SMILES string of the molecule is COC(=O)CCC(=O)N1CCN(C(=O)NCc2ccccc2)CC1. The third kappa shape index (κ3) is 5.26. The van der Waals surface area contributed by atoms with E-state index in [-0.39, 0.29) is 30.7 Å². The number of carbonyl (C=O) groups excluding carboxylic acids is 3. The minimum Gasteiger partial charge on any atom is -0.469 e. The fraction of sp³-hybridized carbons (Fsp3) is 0.471. The maximum atomic E-state index is 12.2. The van der Waals surface area contributed by atoms with E-state index in [9.17, 15) is 14.4 Å². The van der Waals surface area contributed by atoms with Gasteiger partial charge in [0.2, 0.25) is 5.91 Å². The second-order valence-corrected chi connectivity index (χ2v) is 5.59. The number of hydrogen-bond donors (Lipinski definition) is 1. The molecule has 0 unspecified atom stereocenters. The molecule has 7 heteroatoms. The Morgan fingerprint density at radius 2 is 1.62 bits per heavy atom. The quantitative estimate of drug-likeness (QED) is 0.815. The van der Waals surface area contributed by atoms with Gasteiger partial charge in [0, 0.05) is 39.1 Å². The number of methoxy groups -OCH3 is 1. The van der Waals surface area contributed by atoms with Crippen LogP contribution in [0.15, 0.2) is 30.3 Å². The Bertz CT molecular complexity index is 568. The Morgan fingerprint density at radius 1 is 1.00 bits per heavy atom. The van der Waals surface area contributed by atoms with Gasteiger partial charge in [-0.05, 0) is 5.56 Å². The minimum absolute atomic E-state index is 0.0789. The van der Waals surface area contributed by atoms with Crippen LogP contribution in [0.3, 0.4) is 0 Å². The van der Waals surface area contributed by atoms with Crippen LogP contribution in [0.2, 0.25) is 0 Å². The van der Waals surface area contributed by atoms with Crippen molar-refractivity contribution in [1.82, 2.24) is 15.1 Å². The molecule has 0 radical (unpaired) electrons. The van der Waals surface area contributed by atoms with Gasteiger partial charge in [0.05, 0.1) is 13.5 Å². The van der Waals surface area contributed by atoms with Crippen LogP contribution in [-0.2, 0) is 20.9 Å². The van der Waals surface area contributed by atoms with Gasteiger partial charge in [-0.3, -0.25) is 9.59 Å². The number of rotatable bonds is 5. The summed E-state index contributed by atoms with van der Waals surface area (Å²) in [7, 11) is 1.31. The highest BCUT2D eigenvalue weighted by molar-refractivity contribution is 5.81. The Balaban J connectivity index is 1.70. The minimum atomic E-state index is -0.387. The van der Waals surface area contributed by atoms with Gasteiger partial charge in [0.15, 0.2) is 0 Å². The number of urea groups is 1. The van der Waals surface area contributed by atoms with Crippen LogP contribution in [0.4, 0.5) is 4.79 Å². The molecule has 0 bridgehead atoms. The maximum Gasteiger partial charge on any atom is 0.317 e. The van der Waals surface area contributed by atoms with Crippen molar-refractivity contribution in [1.29, 1.82) is 0 Å². The molecular formula is C17H23N3O4. The molecule has 2 rings (SSSR count). The van der Waals surface area contributed by atoms with E-state index in [1.807, 2.05) is 30.3 Å². The summed E-state index contributed by atoms with van der Waals surface area (Å²) >= 11 is 0. The molecule has 1 heterocycles.